The molecule has 0 heterocycles. The minimum atomic E-state index is -0.121. The normalized spacial score (nSPS) is 14.2. The average Bonchev–Trinajstić information content (AvgIpc) is 2.30. The van der Waals surface area contributed by atoms with Gasteiger partial charge in [0.2, 0.25) is 0 Å². The molecule has 1 rings (SSSR count). The minimum absolute atomic E-state index is 0.121. The van der Waals surface area contributed by atoms with E-state index in [0.29, 0.717) is 16.5 Å². The van der Waals surface area contributed by atoms with Crippen molar-refractivity contribution in [2.24, 2.45) is 5.92 Å². The molecule has 1 aromatic carbocycles. The lowest BCUT2D eigenvalue weighted by atomic mass is 10.0. The molecule has 0 fully saturated rings. The van der Waals surface area contributed by atoms with Gasteiger partial charge in [0.05, 0.1) is 10.6 Å². The van der Waals surface area contributed by atoms with Gasteiger partial charge in [0, 0.05) is 10.5 Å². The largest absolute Gasteiger partial charge is 0.349 e. The molecule has 4 heteroatoms. The maximum Gasteiger partial charge on any atom is 0.253 e. The Hall–Kier alpha value is -0.540. The van der Waals surface area contributed by atoms with Crippen LogP contribution in [0.5, 0.6) is 0 Å². The summed E-state index contributed by atoms with van der Waals surface area (Å²) < 4.78 is 0.850. The van der Waals surface area contributed by atoms with Crippen molar-refractivity contribution in [1.82, 2.24) is 5.32 Å². The van der Waals surface area contributed by atoms with Crippen LogP contribution in [-0.4, -0.2) is 11.9 Å². The van der Waals surface area contributed by atoms with Crippen LogP contribution in [0.1, 0.15) is 37.6 Å². The average molecular weight is 319 g/mol. The summed E-state index contributed by atoms with van der Waals surface area (Å²) in [6.07, 6.45) is 1.04. The standard InChI is InChI=1S/C13H17BrClNO/c1-4-8(2)9(3)16-13(17)11-7-10(14)5-6-12(11)15/h5-9H,4H2,1-3H3,(H,16,17). The van der Waals surface area contributed by atoms with Crippen LogP contribution >= 0.6 is 27.5 Å². The van der Waals surface area contributed by atoms with Crippen LogP contribution in [-0.2, 0) is 0 Å². The fraction of sp³-hybridized carbons (Fsp3) is 0.462. The number of amides is 1. The molecule has 1 N–H and O–H groups in total. The van der Waals surface area contributed by atoms with Gasteiger partial charge in [-0.25, -0.2) is 0 Å². The first-order chi connectivity index (χ1) is 7.95. The Morgan fingerprint density at radius 2 is 2.12 bits per heavy atom. The van der Waals surface area contributed by atoms with Gasteiger partial charge in [0.15, 0.2) is 0 Å². The molecule has 2 nitrogen and oxygen atoms in total. The second-order valence-electron chi connectivity index (χ2n) is 4.27. The quantitative estimate of drug-likeness (QED) is 0.882. The van der Waals surface area contributed by atoms with Crippen molar-refractivity contribution in [2.45, 2.75) is 33.2 Å². The summed E-state index contributed by atoms with van der Waals surface area (Å²) in [7, 11) is 0. The fourth-order valence-corrected chi connectivity index (χ4v) is 2.02. The monoisotopic (exact) mass is 317 g/mol. The maximum absolute atomic E-state index is 12.0. The van der Waals surface area contributed by atoms with Gasteiger partial charge in [-0.1, -0.05) is 47.8 Å². The van der Waals surface area contributed by atoms with Crippen molar-refractivity contribution in [1.29, 1.82) is 0 Å². The molecule has 1 aromatic rings. The van der Waals surface area contributed by atoms with Crippen LogP contribution in [0.25, 0.3) is 0 Å². The lowest BCUT2D eigenvalue weighted by Gasteiger charge is -2.20. The van der Waals surface area contributed by atoms with E-state index in [1.807, 2.05) is 13.0 Å². The summed E-state index contributed by atoms with van der Waals surface area (Å²) in [4.78, 5) is 12.0. The first-order valence-electron chi connectivity index (χ1n) is 5.71. The fourth-order valence-electron chi connectivity index (χ4n) is 1.45. The third-order valence-corrected chi connectivity index (χ3v) is 3.85. The van der Waals surface area contributed by atoms with E-state index < -0.39 is 0 Å². The predicted octanol–water partition coefficient (Wildman–Crippen LogP) is 4.27. The Bertz CT molecular complexity index is 408. The van der Waals surface area contributed by atoms with E-state index >= 15 is 0 Å². The van der Waals surface area contributed by atoms with E-state index in [1.165, 1.54) is 0 Å². The van der Waals surface area contributed by atoms with Gasteiger partial charge in [-0.15, -0.1) is 0 Å². The van der Waals surface area contributed by atoms with Crippen molar-refractivity contribution in [3.05, 3.63) is 33.3 Å². The molecular weight excluding hydrogens is 302 g/mol. The third kappa shape index (κ3) is 4.00. The first kappa shape index (κ1) is 14.5. The van der Waals surface area contributed by atoms with E-state index in [1.54, 1.807) is 12.1 Å². The molecule has 0 aromatic heterocycles. The number of carbonyl (C=O) groups excluding carboxylic acids is 1. The molecule has 0 radical (unpaired) electrons. The van der Waals surface area contributed by atoms with E-state index in [0.717, 1.165) is 10.9 Å². The number of halogens is 2. The Balaban J connectivity index is 2.79. The number of hydrogen-bond acceptors (Lipinski definition) is 1. The number of carbonyl (C=O) groups is 1. The topological polar surface area (TPSA) is 29.1 Å². The number of rotatable bonds is 4. The molecule has 0 aliphatic heterocycles. The highest BCUT2D eigenvalue weighted by molar-refractivity contribution is 9.10. The molecule has 0 saturated carbocycles. The van der Waals surface area contributed by atoms with Crippen LogP contribution in [0.2, 0.25) is 5.02 Å². The molecular formula is C13H17BrClNO. The highest BCUT2D eigenvalue weighted by atomic mass is 79.9. The van der Waals surface area contributed by atoms with Crippen LogP contribution in [0, 0.1) is 5.92 Å². The number of hydrogen-bond donors (Lipinski definition) is 1. The zero-order valence-electron chi connectivity index (χ0n) is 10.3. The summed E-state index contributed by atoms with van der Waals surface area (Å²) in [5.41, 5.74) is 0.510. The maximum atomic E-state index is 12.0. The minimum Gasteiger partial charge on any atom is -0.349 e. The molecule has 0 spiro atoms. The Labute approximate surface area is 116 Å². The molecule has 0 bridgehead atoms. The van der Waals surface area contributed by atoms with Gasteiger partial charge in [-0.3, -0.25) is 4.79 Å². The highest BCUT2D eigenvalue weighted by Crippen LogP contribution is 2.21. The van der Waals surface area contributed by atoms with Gasteiger partial charge in [0.25, 0.3) is 5.91 Å². The lowest BCUT2D eigenvalue weighted by molar-refractivity contribution is 0.0928. The number of nitrogens with one attached hydrogen (secondary N) is 1. The van der Waals surface area contributed by atoms with Gasteiger partial charge in [-0.05, 0) is 31.0 Å². The van der Waals surface area contributed by atoms with Crippen molar-refractivity contribution in [2.75, 3.05) is 0 Å². The van der Waals surface area contributed by atoms with Crippen LogP contribution in [0.15, 0.2) is 22.7 Å². The smallest absolute Gasteiger partial charge is 0.253 e. The summed E-state index contributed by atoms with van der Waals surface area (Å²) in [6.45, 7) is 6.24. The van der Waals surface area contributed by atoms with Crippen LogP contribution in [0.3, 0.4) is 0 Å². The Kier molecular flexibility index (Phi) is 5.47. The molecule has 2 atom stereocenters. The molecule has 0 aliphatic rings. The van der Waals surface area contributed by atoms with E-state index in [2.05, 4.69) is 35.1 Å². The zero-order chi connectivity index (χ0) is 13.0. The summed E-state index contributed by atoms with van der Waals surface area (Å²) in [5.74, 6) is 0.328. The predicted molar refractivity (Wildman–Crippen MR) is 75.5 cm³/mol. The van der Waals surface area contributed by atoms with E-state index in [4.69, 9.17) is 11.6 Å². The van der Waals surface area contributed by atoms with Gasteiger partial charge >= 0.3 is 0 Å². The molecule has 17 heavy (non-hydrogen) atoms. The van der Waals surface area contributed by atoms with Crippen molar-refractivity contribution >= 4 is 33.4 Å². The van der Waals surface area contributed by atoms with Gasteiger partial charge in [-0.2, -0.15) is 0 Å². The van der Waals surface area contributed by atoms with E-state index in [-0.39, 0.29) is 11.9 Å². The van der Waals surface area contributed by atoms with Gasteiger partial charge in [0.1, 0.15) is 0 Å². The van der Waals surface area contributed by atoms with Crippen LogP contribution in [0.4, 0.5) is 0 Å². The molecule has 0 saturated heterocycles. The van der Waals surface area contributed by atoms with Crippen LogP contribution < -0.4 is 5.32 Å². The second kappa shape index (κ2) is 6.41. The summed E-state index contributed by atoms with van der Waals surface area (Å²) in [5, 5.41) is 3.44. The molecule has 0 aliphatic carbocycles. The highest BCUT2D eigenvalue weighted by Gasteiger charge is 2.16. The first-order valence-corrected chi connectivity index (χ1v) is 6.88. The third-order valence-electron chi connectivity index (χ3n) is 3.03. The van der Waals surface area contributed by atoms with E-state index in [9.17, 15) is 4.79 Å². The van der Waals surface area contributed by atoms with Crippen molar-refractivity contribution < 1.29 is 4.79 Å². The second-order valence-corrected chi connectivity index (χ2v) is 5.59. The Morgan fingerprint density at radius 3 is 2.71 bits per heavy atom. The summed E-state index contributed by atoms with van der Waals surface area (Å²) >= 11 is 9.34. The van der Waals surface area contributed by atoms with Gasteiger partial charge < -0.3 is 5.32 Å². The van der Waals surface area contributed by atoms with Crippen molar-refractivity contribution in [3.8, 4) is 0 Å². The molecule has 2 unspecified atom stereocenters. The van der Waals surface area contributed by atoms with Crippen molar-refractivity contribution in [3.63, 3.8) is 0 Å². The molecule has 1 amide bonds. The summed E-state index contributed by atoms with van der Waals surface area (Å²) in [6, 6.07) is 5.41. The lowest BCUT2D eigenvalue weighted by Crippen LogP contribution is -2.37. The SMILES string of the molecule is CCC(C)C(C)NC(=O)c1cc(Br)ccc1Cl. The number of benzene rings is 1. The zero-order valence-corrected chi connectivity index (χ0v) is 12.6. The molecule has 94 valence electrons. The Morgan fingerprint density at radius 1 is 1.47 bits per heavy atom.